The Morgan fingerprint density at radius 2 is 2.09 bits per heavy atom. The van der Waals surface area contributed by atoms with Gasteiger partial charge in [0, 0.05) is 43.9 Å². The SMILES string of the molecule is O=[N+]([O-])c1cc(Cn2ccnc2)ccc1NCc1cccnc1. The standard InChI is InChI=1S/C16H15N5O2/c22-21(23)16-8-13(11-20-7-6-18-12-20)3-4-15(16)19-10-14-2-1-5-17-9-14/h1-9,12,19H,10-11H2. The Bertz CT molecular complexity index is 787. The molecule has 1 aromatic carbocycles. The van der Waals surface area contributed by atoms with Gasteiger partial charge in [0.1, 0.15) is 5.69 Å². The maximum Gasteiger partial charge on any atom is 0.292 e. The van der Waals surface area contributed by atoms with Crippen LogP contribution in [0, 0.1) is 10.1 Å². The lowest BCUT2D eigenvalue weighted by Gasteiger charge is -2.09. The first-order chi connectivity index (χ1) is 11.2. The first-order valence-corrected chi connectivity index (χ1v) is 7.08. The number of nitro groups is 1. The normalized spacial score (nSPS) is 10.4. The van der Waals surface area contributed by atoms with Crippen LogP contribution in [0.3, 0.4) is 0 Å². The number of benzene rings is 1. The number of nitrogens with one attached hydrogen (secondary N) is 1. The fourth-order valence-electron chi connectivity index (χ4n) is 2.27. The molecular formula is C16H15N5O2. The maximum atomic E-state index is 11.3. The average Bonchev–Trinajstić information content (AvgIpc) is 3.07. The Hall–Kier alpha value is -3.22. The van der Waals surface area contributed by atoms with Crippen molar-refractivity contribution in [1.82, 2.24) is 14.5 Å². The summed E-state index contributed by atoms with van der Waals surface area (Å²) in [6, 6.07) is 8.95. The molecule has 0 radical (unpaired) electrons. The summed E-state index contributed by atoms with van der Waals surface area (Å²) < 4.78 is 1.86. The second-order valence-corrected chi connectivity index (χ2v) is 5.06. The molecule has 0 amide bonds. The van der Waals surface area contributed by atoms with Crippen molar-refractivity contribution in [1.29, 1.82) is 0 Å². The summed E-state index contributed by atoms with van der Waals surface area (Å²) in [5, 5.41) is 14.4. The molecule has 0 fully saturated rings. The van der Waals surface area contributed by atoms with E-state index in [2.05, 4.69) is 15.3 Å². The molecule has 2 heterocycles. The summed E-state index contributed by atoms with van der Waals surface area (Å²) in [6.07, 6.45) is 8.60. The Kier molecular flexibility index (Phi) is 4.28. The van der Waals surface area contributed by atoms with Gasteiger partial charge in [0.2, 0.25) is 0 Å². The monoisotopic (exact) mass is 309 g/mol. The van der Waals surface area contributed by atoms with Gasteiger partial charge >= 0.3 is 0 Å². The van der Waals surface area contributed by atoms with Gasteiger partial charge in [0.05, 0.1) is 11.3 Å². The fourth-order valence-corrected chi connectivity index (χ4v) is 2.27. The van der Waals surface area contributed by atoms with Gasteiger partial charge in [0.25, 0.3) is 5.69 Å². The maximum absolute atomic E-state index is 11.3. The third kappa shape index (κ3) is 3.70. The van der Waals surface area contributed by atoms with Gasteiger partial charge in [-0.1, -0.05) is 12.1 Å². The van der Waals surface area contributed by atoms with Crippen LogP contribution in [0.1, 0.15) is 11.1 Å². The number of anilines is 1. The predicted octanol–water partition coefficient (Wildman–Crippen LogP) is 2.85. The van der Waals surface area contributed by atoms with E-state index in [-0.39, 0.29) is 10.6 Å². The number of pyridine rings is 1. The molecule has 3 rings (SSSR count). The minimum absolute atomic E-state index is 0.0616. The quantitative estimate of drug-likeness (QED) is 0.559. The van der Waals surface area contributed by atoms with Crippen molar-refractivity contribution in [2.45, 2.75) is 13.1 Å². The zero-order valence-electron chi connectivity index (χ0n) is 12.3. The molecule has 0 aliphatic heterocycles. The van der Waals surface area contributed by atoms with Crippen LogP contribution in [0.5, 0.6) is 0 Å². The number of nitro benzene ring substituents is 1. The average molecular weight is 309 g/mol. The molecule has 2 aromatic heterocycles. The zero-order valence-corrected chi connectivity index (χ0v) is 12.3. The predicted molar refractivity (Wildman–Crippen MR) is 86.0 cm³/mol. The van der Waals surface area contributed by atoms with Gasteiger partial charge in [-0.3, -0.25) is 15.1 Å². The van der Waals surface area contributed by atoms with Crippen LogP contribution in [0.15, 0.2) is 61.4 Å². The van der Waals surface area contributed by atoms with E-state index in [1.165, 1.54) is 0 Å². The van der Waals surface area contributed by atoms with Crippen LogP contribution in [0.2, 0.25) is 0 Å². The Morgan fingerprint density at radius 3 is 2.78 bits per heavy atom. The minimum Gasteiger partial charge on any atom is -0.375 e. The fraction of sp³-hybridized carbons (Fsp3) is 0.125. The number of aromatic nitrogens is 3. The van der Waals surface area contributed by atoms with E-state index in [0.29, 0.717) is 18.8 Å². The summed E-state index contributed by atoms with van der Waals surface area (Å²) in [5.74, 6) is 0. The van der Waals surface area contributed by atoms with E-state index < -0.39 is 0 Å². The van der Waals surface area contributed by atoms with Crippen molar-refractivity contribution in [3.05, 3.63) is 82.7 Å². The van der Waals surface area contributed by atoms with Gasteiger partial charge < -0.3 is 9.88 Å². The lowest BCUT2D eigenvalue weighted by Crippen LogP contribution is -2.04. The van der Waals surface area contributed by atoms with Crippen LogP contribution >= 0.6 is 0 Å². The smallest absolute Gasteiger partial charge is 0.292 e. The molecule has 7 heteroatoms. The van der Waals surface area contributed by atoms with Crippen molar-refractivity contribution in [2.75, 3.05) is 5.32 Å². The van der Waals surface area contributed by atoms with Crippen molar-refractivity contribution in [3.63, 3.8) is 0 Å². The first kappa shape index (κ1) is 14.7. The van der Waals surface area contributed by atoms with Gasteiger partial charge in [-0.05, 0) is 23.3 Å². The summed E-state index contributed by atoms with van der Waals surface area (Å²) in [5.41, 5.74) is 2.37. The lowest BCUT2D eigenvalue weighted by molar-refractivity contribution is -0.384. The van der Waals surface area contributed by atoms with Crippen LogP contribution in [-0.4, -0.2) is 19.5 Å². The summed E-state index contributed by atoms with van der Waals surface area (Å²) in [6.45, 7) is 1.03. The highest BCUT2D eigenvalue weighted by atomic mass is 16.6. The molecule has 0 saturated carbocycles. The van der Waals surface area contributed by atoms with Crippen LogP contribution in [-0.2, 0) is 13.1 Å². The van der Waals surface area contributed by atoms with Gasteiger partial charge in [-0.25, -0.2) is 4.98 Å². The van der Waals surface area contributed by atoms with Crippen molar-refractivity contribution >= 4 is 11.4 Å². The first-order valence-electron chi connectivity index (χ1n) is 7.08. The molecule has 0 unspecified atom stereocenters. The number of imidazole rings is 1. The number of nitrogens with zero attached hydrogens (tertiary/aromatic N) is 4. The van der Waals surface area contributed by atoms with E-state index in [1.54, 1.807) is 37.1 Å². The summed E-state index contributed by atoms with van der Waals surface area (Å²) >= 11 is 0. The van der Waals surface area contributed by atoms with Crippen molar-refractivity contribution in [3.8, 4) is 0 Å². The molecule has 0 saturated heterocycles. The topological polar surface area (TPSA) is 85.9 Å². The van der Waals surface area contributed by atoms with E-state index in [1.807, 2.05) is 29.0 Å². The second kappa shape index (κ2) is 6.69. The van der Waals surface area contributed by atoms with Crippen LogP contribution < -0.4 is 5.32 Å². The highest BCUT2D eigenvalue weighted by Crippen LogP contribution is 2.26. The highest BCUT2D eigenvalue weighted by molar-refractivity contribution is 5.62. The number of rotatable bonds is 6. The minimum atomic E-state index is -0.372. The molecule has 0 aliphatic carbocycles. The third-order valence-corrected chi connectivity index (χ3v) is 3.39. The molecule has 23 heavy (non-hydrogen) atoms. The largest absolute Gasteiger partial charge is 0.375 e. The number of hydrogen-bond donors (Lipinski definition) is 1. The summed E-state index contributed by atoms with van der Waals surface area (Å²) in [4.78, 5) is 18.9. The highest BCUT2D eigenvalue weighted by Gasteiger charge is 2.14. The number of hydrogen-bond acceptors (Lipinski definition) is 5. The molecule has 1 N–H and O–H groups in total. The van der Waals surface area contributed by atoms with Crippen LogP contribution in [0.4, 0.5) is 11.4 Å². The summed E-state index contributed by atoms with van der Waals surface area (Å²) in [7, 11) is 0. The molecular weight excluding hydrogens is 294 g/mol. The Balaban J connectivity index is 1.78. The Labute approximate surface area is 132 Å². The molecule has 3 aromatic rings. The Morgan fingerprint density at radius 1 is 1.17 bits per heavy atom. The van der Waals surface area contributed by atoms with Crippen molar-refractivity contribution < 1.29 is 4.92 Å². The molecule has 0 bridgehead atoms. The van der Waals surface area contributed by atoms with Crippen molar-refractivity contribution in [2.24, 2.45) is 0 Å². The molecule has 7 nitrogen and oxygen atoms in total. The molecule has 0 atom stereocenters. The zero-order chi connectivity index (χ0) is 16.1. The molecule has 0 spiro atoms. The van der Waals surface area contributed by atoms with E-state index >= 15 is 0 Å². The molecule has 116 valence electrons. The van der Waals surface area contributed by atoms with Gasteiger partial charge in [-0.15, -0.1) is 0 Å². The molecule has 0 aliphatic rings. The van der Waals surface area contributed by atoms with E-state index in [9.17, 15) is 10.1 Å². The van der Waals surface area contributed by atoms with Gasteiger partial charge in [-0.2, -0.15) is 0 Å². The van der Waals surface area contributed by atoms with Crippen LogP contribution in [0.25, 0.3) is 0 Å². The lowest BCUT2D eigenvalue weighted by atomic mass is 10.1. The van der Waals surface area contributed by atoms with E-state index in [4.69, 9.17) is 0 Å². The van der Waals surface area contributed by atoms with Gasteiger partial charge in [0.15, 0.2) is 0 Å². The van der Waals surface area contributed by atoms with E-state index in [0.717, 1.165) is 11.1 Å². The second-order valence-electron chi connectivity index (χ2n) is 5.06. The third-order valence-electron chi connectivity index (χ3n) is 3.39.